The van der Waals surface area contributed by atoms with E-state index in [-0.39, 0.29) is 11.5 Å². The van der Waals surface area contributed by atoms with Gasteiger partial charge in [0.05, 0.1) is 18.9 Å². The molecule has 1 fully saturated rings. The molecule has 0 saturated carbocycles. The number of nitrogens with two attached hydrogens (primary N) is 1. The molecule has 0 unspecified atom stereocenters. The zero-order valence-electron chi connectivity index (χ0n) is 14.3. The Bertz CT molecular complexity index is 691. The van der Waals surface area contributed by atoms with Gasteiger partial charge in [0.25, 0.3) is 0 Å². The molecule has 0 atom stereocenters. The molecule has 3 rings (SSSR count). The Balaban J connectivity index is 2.00. The van der Waals surface area contributed by atoms with E-state index in [1.165, 1.54) is 0 Å². The van der Waals surface area contributed by atoms with Crippen molar-refractivity contribution in [3.8, 4) is 11.3 Å². The Morgan fingerprint density at radius 3 is 2.42 bits per heavy atom. The highest BCUT2D eigenvalue weighted by Gasteiger charge is 2.18. The predicted molar refractivity (Wildman–Crippen MR) is 93.9 cm³/mol. The van der Waals surface area contributed by atoms with Crippen LogP contribution in [0.3, 0.4) is 0 Å². The second-order valence-electron chi connectivity index (χ2n) is 6.74. The lowest BCUT2D eigenvalue weighted by molar-refractivity contribution is 0.122. The van der Waals surface area contributed by atoms with Crippen molar-refractivity contribution >= 4 is 17.7 Å². The average molecular weight is 329 g/mol. The van der Waals surface area contributed by atoms with Crippen molar-refractivity contribution in [2.45, 2.75) is 26.3 Å². The quantitative estimate of drug-likeness (QED) is 0.875. The van der Waals surface area contributed by atoms with Crippen molar-refractivity contribution in [3.63, 3.8) is 0 Å². The van der Waals surface area contributed by atoms with E-state index < -0.39 is 0 Å². The van der Waals surface area contributed by atoms with Crippen molar-refractivity contribution in [3.05, 3.63) is 18.5 Å². The number of rotatable bonds is 3. The molecule has 8 nitrogen and oxygen atoms in total. The molecule has 3 heterocycles. The van der Waals surface area contributed by atoms with Gasteiger partial charge in [-0.15, -0.1) is 0 Å². The first-order chi connectivity index (χ1) is 11.4. The fourth-order valence-electron chi connectivity index (χ4n) is 2.41. The van der Waals surface area contributed by atoms with Crippen LogP contribution >= 0.6 is 0 Å². The van der Waals surface area contributed by atoms with Crippen LogP contribution in [0.5, 0.6) is 0 Å². The number of hydrogen-bond acceptors (Lipinski definition) is 8. The van der Waals surface area contributed by atoms with E-state index in [4.69, 9.17) is 10.5 Å². The van der Waals surface area contributed by atoms with Crippen LogP contribution in [0, 0.1) is 0 Å². The van der Waals surface area contributed by atoms with Gasteiger partial charge in [-0.2, -0.15) is 4.98 Å². The van der Waals surface area contributed by atoms with Gasteiger partial charge in [-0.25, -0.2) is 15.0 Å². The maximum absolute atomic E-state index is 5.58. The summed E-state index contributed by atoms with van der Waals surface area (Å²) in [5.74, 6) is 1.69. The van der Waals surface area contributed by atoms with Gasteiger partial charge < -0.3 is 20.7 Å². The molecular formula is C16H23N7O. The zero-order chi connectivity index (χ0) is 17.2. The minimum absolute atomic E-state index is 0.106. The molecule has 0 aromatic carbocycles. The highest BCUT2D eigenvalue weighted by Crippen LogP contribution is 2.24. The number of anilines is 3. The smallest absolute Gasteiger partial charge is 0.228 e. The highest BCUT2D eigenvalue weighted by atomic mass is 16.5. The fourth-order valence-corrected chi connectivity index (χ4v) is 2.41. The number of morpholine rings is 1. The Morgan fingerprint density at radius 2 is 1.79 bits per heavy atom. The second-order valence-corrected chi connectivity index (χ2v) is 6.74. The molecule has 3 N–H and O–H groups in total. The van der Waals surface area contributed by atoms with Gasteiger partial charge >= 0.3 is 0 Å². The van der Waals surface area contributed by atoms with E-state index in [1.54, 1.807) is 12.4 Å². The van der Waals surface area contributed by atoms with Crippen molar-refractivity contribution in [1.82, 2.24) is 19.9 Å². The van der Waals surface area contributed by atoms with Gasteiger partial charge in [0.2, 0.25) is 11.9 Å². The minimum Gasteiger partial charge on any atom is -0.378 e. The van der Waals surface area contributed by atoms with E-state index >= 15 is 0 Å². The molecule has 0 aliphatic carbocycles. The topological polar surface area (TPSA) is 102 Å². The Labute approximate surface area is 141 Å². The summed E-state index contributed by atoms with van der Waals surface area (Å²) in [6.45, 7) is 9.19. The summed E-state index contributed by atoms with van der Waals surface area (Å²) < 4.78 is 5.41. The van der Waals surface area contributed by atoms with E-state index in [9.17, 15) is 0 Å². The van der Waals surface area contributed by atoms with Crippen LogP contribution in [-0.2, 0) is 4.74 Å². The van der Waals surface area contributed by atoms with E-state index in [0.717, 1.165) is 30.2 Å². The molecule has 0 radical (unpaired) electrons. The van der Waals surface area contributed by atoms with Gasteiger partial charge in [-0.1, -0.05) is 0 Å². The monoisotopic (exact) mass is 329 g/mol. The van der Waals surface area contributed by atoms with Crippen molar-refractivity contribution in [1.29, 1.82) is 0 Å². The Kier molecular flexibility index (Phi) is 4.48. The standard InChI is InChI=1S/C16H23N7O/c1-16(2,3)22-13-8-12(11-9-18-14(17)19-10-11)20-15(21-13)23-4-6-24-7-5-23/h8-10H,4-7H2,1-3H3,(H2,17,18,19)(H,20,21,22). The number of ether oxygens (including phenoxy) is 1. The Morgan fingerprint density at radius 1 is 1.12 bits per heavy atom. The Hall–Kier alpha value is -2.48. The maximum Gasteiger partial charge on any atom is 0.228 e. The summed E-state index contributed by atoms with van der Waals surface area (Å²) in [5, 5.41) is 3.41. The lowest BCUT2D eigenvalue weighted by Crippen LogP contribution is -2.37. The molecule has 1 aliphatic heterocycles. The van der Waals surface area contributed by atoms with Crippen LogP contribution in [0.25, 0.3) is 11.3 Å². The summed E-state index contributed by atoms with van der Waals surface area (Å²) in [6.07, 6.45) is 3.35. The minimum atomic E-state index is -0.106. The highest BCUT2D eigenvalue weighted by molar-refractivity contribution is 5.64. The zero-order valence-corrected chi connectivity index (χ0v) is 14.3. The van der Waals surface area contributed by atoms with Crippen LogP contribution in [0.15, 0.2) is 18.5 Å². The van der Waals surface area contributed by atoms with Crippen LogP contribution in [0.2, 0.25) is 0 Å². The van der Waals surface area contributed by atoms with Crippen LogP contribution in [-0.4, -0.2) is 51.8 Å². The molecule has 128 valence electrons. The van der Waals surface area contributed by atoms with Crippen molar-refractivity contribution in [2.24, 2.45) is 0 Å². The van der Waals surface area contributed by atoms with Gasteiger partial charge in [-0.3, -0.25) is 0 Å². The number of nitrogens with one attached hydrogen (secondary N) is 1. The summed E-state index contributed by atoms with van der Waals surface area (Å²) in [5.41, 5.74) is 7.04. The molecule has 0 amide bonds. The second kappa shape index (κ2) is 6.56. The lowest BCUT2D eigenvalue weighted by Gasteiger charge is -2.28. The SMILES string of the molecule is CC(C)(C)Nc1cc(-c2cnc(N)nc2)nc(N2CCOCC2)n1. The molecule has 2 aromatic heterocycles. The first kappa shape index (κ1) is 16.4. The normalized spacial score (nSPS) is 15.4. The lowest BCUT2D eigenvalue weighted by atomic mass is 10.1. The molecule has 0 bridgehead atoms. The molecule has 1 saturated heterocycles. The van der Waals surface area contributed by atoms with E-state index in [2.05, 4.69) is 50.9 Å². The van der Waals surface area contributed by atoms with E-state index in [1.807, 2.05) is 6.07 Å². The van der Waals surface area contributed by atoms with Crippen molar-refractivity contribution < 1.29 is 4.74 Å². The molecule has 1 aliphatic rings. The first-order valence-electron chi connectivity index (χ1n) is 7.98. The number of hydrogen-bond donors (Lipinski definition) is 2. The molecule has 8 heteroatoms. The van der Waals surface area contributed by atoms with Gasteiger partial charge in [0.15, 0.2) is 0 Å². The predicted octanol–water partition coefficient (Wildman–Crippen LogP) is 1.56. The van der Waals surface area contributed by atoms with Crippen LogP contribution in [0.1, 0.15) is 20.8 Å². The molecule has 0 spiro atoms. The number of nitrogen functional groups attached to an aromatic ring is 1. The van der Waals surface area contributed by atoms with Crippen molar-refractivity contribution in [2.75, 3.05) is 42.3 Å². The average Bonchev–Trinajstić information content (AvgIpc) is 2.54. The third kappa shape index (κ3) is 4.08. The van der Waals surface area contributed by atoms with Crippen LogP contribution in [0.4, 0.5) is 17.7 Å². The van der Waals surface area contributed by atoms with Gasteiger partial charge in [0.1, 0.15) is 5.82 Å². The fraction of sp³-hybridized carbons (Fsp3) is 0.500. The van der Waals surface area contributed by atoms with Gasteiger partial charge in [-0.05, 0) is 20.8 Å². The summed E-state index contributed by atoms with van der Waals surface area (Å²) in [7, 11) is 0. The molecular weight excluding hydrogens is 306 g/mol. The molecule has 24 heavy (non-hydrogen) atoms. The maximum atomic E-state index is 5.58. The number of aromatic nitrogens is 4. The number of nitrogens with zero attached hydrogens (tertiary/aromatic N) is 5. The van der Waals surface area contributed by atoms with Crippen LogP contribution < -0.4 is 16.0 Å². The summed E-state index contributed by atoms with van der Waals surface area (Å²) in [4.78, 5) is 19.6. The largest absolute Gasteiger partial charge is 0.378 e. The third-order valence-corrected chi connectivity index (χ3v) is 3.48. The summed E-state index contributed by atoms with van der Waals surface area (Å²) >= 11 is 0. The first-order valence-corrected chi connectivity index (χ1v) is 7.98. The van der Waals surface area contributed by atoms with Gasteiger partial charge in [0, 0.05) is 42.7 Å². The third-order valence-electron chi connectivity index (χ3n) is 3.48. The summed E-state index contributed by atoms with van der Waals surface area (Å²) in [6, 6.07) is 1.91. The molecule has 2 aromatic rings. The van der Waals surface area contributed by atoms with E-state index in [0.29, 0.717) is 19.2 Å².